The summed E-state index contributed by atoms with van der Waals surface area (Å²) in [5.74, 6) is 0.429. The van der Waals surface area contributed by atoms with E-state index in [9.17, 15) is 9.18 Å². The highest BCUT2D eigenvalue weighted by molar-refractivity contribution is 5.84. The maximum Gasteiger partial charge on any atom is 0.170 e. The number of hydrogen-bond acceptors (Lipinski definition) is 2. The molecule has 0 atom stereocenters. The summed E-state index contributed by atoms with van der Waals surface area (Å²) in [5, 5.41) is 0. The normalized spacial score (nSPS) is 11.2. The van der Waals surface area contributed by atoms with Crippen LogP contribution in [0.15, 0.2) is 18.3 Å². The molecule has 0 aliphatic heterocycles. The van der Waals surface area contributed by atoms with E-state index in [1.165, 1.54) is 6.07 Å². The van der Waals surface area contributed by atoms with Crippen LogP contribution in [0.25, 0.3) is 5.52 Å². The number of fused-ring (bicyclic) bond motifs is 1. The predicted molar refractivity (Wildman–Crippen MR) is 54.6 cm³/mol. The van der Waals surface area contributed by atoms with Gasteiger partial charge in [-0.2, -0.15) is 0 Å². The van der Waals surface area contributed by atoms with Crippen LogP contribution in [0.1, 0.15) is 36.1 Å². The number of pyridine rings is 1. The second-order valence-electron chi connectivity index (χ2n) is 3.70. The molecular formula is C11H11FN2O. The summed E-state index contributed by atoms with van der Waals surface area (Å²) in [7, 11) is 0. The Morgan fingerprint density at radius 3 is 2.87 bits per heavy atom. The molecule has 0 aliphatic carbocycles. The lowest BCUT2D eigenvalue weighted by molar-refractivity contribution is 0.112. The molecule has 0 aromatic carbocycles. The summed E-state index contributed by atoms with van der Waals surface area (Å²) in [4.78, 5) is 14.9. The third-order valence-corrected chi connectivity index (χ3v) is 2.30. The Morgan fingerprint density at radius 2 is 2.27 bits per heavy atom. The average Bonchev–Trinajstić information content (AvgIpc) is 2.58. The molecule has 2 aromatic heterocycles. The Morgan fingerprint density at radius 1 is 1.53 bits per heavy atom. The number of halogens is 1. The molecule has 0 unspecified atom stereocenters. The summed E-state index contributed by atoms with van der Waals surface area (Å²) in [5.41, 5.74) is 0.424. The molecule has 0 amide bonds. The highest BCUT2D eigenvalue weighted by atomic mass is 19.1. The molecule has 15 heavy (non-hydrogen) atoms. The van der Waals surface area contributed by atoms with Gasteiger partial charge in [0.1, 0.15) is 22.9 Å². The predicted octanol–water partition coefficient (Wildman–Crippen LogP) is 2.41. The number of carbonyl (C=O) groups excluding carboxylic acids is 1. The Bertz CT molecular complexity index is 517. The van der Waals surface area contributed by atoms with E-state index in [1.54, 1.807) is 16.7 Å². The van der Waals surface area contributed by atoms with Crippen LogP contribution in [-0.4, -0.2) is 15.7 Å². The lowest BCUT2D eigenvalue weighted by Gasteiger charge is -2.03. The van der Waals surface area contributed by atoms with Crippen molar-refractivity contribution in [2.75, 3.05) is 0 Å². The van der Waals surface area contributed by atoms with Gasteiger partial charge < -0.3 is 4.40 Å². The Kier molecular flexibility index (Phi) is 2.26. The minimum absolute atomic E-state index is 0.146. The molecule has 0 spiro atoms. The SMILES string of the molecule is CC(C)c1nc(C=O)c2c(F)cccn12. The van der Waals surface area contributed by atoms with Gasteiger partial charge in [0.15, 0.2) is 6.29 Å². The van der Waals surface area contributed by atoms with Gasteiger partial charge in [0.2, 0.25) is 0 Å². The fourth-order valence-electron chi connectivity index (χ4n) is 1.64. The van der Waals surface area contributed by atoms with E-state index in [-0.39, 0.29) is 17.1 Å². The molecule has 0 saturated carbocycles. The molecule has 0 N–H and O–H groups in total. The van der Waals surface area contributed by atoms with Crippen molar-refractivity contribution >= 4 is 11.8 Å². The molecule has 3 nitrogen and oxygen atoms in total. The van der Waals surface area contributed by atoms with E-state index in [0.29, 0.717) is 12.1 Å². The van der Waals surface area contributed by atoms with Gasteiger partial charge in [-0.3, -0.25) is 4.79 Å². The van der Waals surface area contributed by atoms with Gasteiger partial charge in [0.05, 0.1) is 0 Å². The van der Waals surface area contributed by atoms with Crippen molar-refractivity contribution in [3.8, 4) is 0 Å². The third-order valence-electron chi connectivity index (χ3n) is 2.30. The van der Waals surface area contributed by atoms with Gasteiger partial charge in [-0.1, -0.05) is 13.8 Å². The van der Waals surface area contributed by atoms with Gasteiger partial charge in [0.25, 0.3) is 0 Å². The Hall–Kier alpha value is -1.71. The van der Waals surface area contributed by atoms with Crippen LogP contribution in [0, 0.1) is 5.82 Å². The summed E-state index contributed by atoms with van der Waals surface area (Å²) in [6.07, 6.45) is 2.30. The van der Waals surface area contributed by atoms with Crippen molar-refractivity contribution in [3.05, 3.63) is 35.7 Å². The van der Waals surface area contributed by atoms with Crippen LogP contribution in [0.3, 0.4) is 0 Å². The molecule has 0 saturated heterocycles. The molecule has 4 heteroatoms. The van der Waals surface area contributed by atoms with Crippen LogP contribution >= 0.6 is 0 Å². The zero-order valence-electron chi connectivity index (χ0n) is 8.57. The van der Waals surface area contributed by atoms with E-state index in [2.05, 4.69) is 4.98 Å². The highest BCUT2D eigenvalue weighted by Gasteiger charge is 2.15. The largest absolute Gasteiger partial charge is 0.300 e. The van der Waals surface area contributed by atoms with E-state index in [1.807, 2.05) is 13.8 Å². The van der Waals surface area contributed by atoms with Crippen LogP contribution < -0.4 is 0 Å². The van der Waals surface area contributed by atoms with E-state index < -0.39 is 5.82 Å². The molecule has 0 radical (unpaired) electrons. The lowest BCUT2D eigenvalue weighted by atomic mass is 10.2. The van der Waals surface area contributed by atoms with Gasteiger partial charge >= 0.3 is 0 Å². The van der Waals surface area contributed by atoms with Crippen molar-refractivity contribution in [2.24, 2.45) is 0 Å². The Labute approximate surface area is 86.6 Å². The first-order valence-electron chi connectivity index (χ1n) is 4.76. The van der Waals surface area contributed by atoms with Gasteiger partial charge in [-0.25, -0.2) is 9.37 Å². The summed E-state index contributed by atoms with van der Waals surface area (Å²) in [6, 6.07) is 2.93. The van der Waals surface area contributed by atoms with E-state index in [0.717, 1.165) is 0 Å². The lowest BCUT2D eigenvalue weighted by Crippen LogP contribution is -1.96. The van der Waals surface area contributed by atoms with Crippen LogP contribution in [0.2, 0.25) is 0 Å². The fraction of sp³-hybridized carbons (Fsp3) is 0.273. The van der Waals surface area contributed by atoms with Gasteiger partial charge in [-0.05, 0) is 12.1 Å². The third kappa shape index (κ3) is 1.42. The molecule has 2 aromatic rings. The maximum absolute atomic E-state index is 13.5. The summed E-state index contributed by atoms with van der Waals surface area (Å²) >= 11 is 0. The molecule has 0 aliphatic rings. The summed E-state index contributed by atoms with van der Waals surface area (Å²) in [6.45, 7) is 3.91. The van der Waals surface area contributed by atoms with Crippen molar-refractivity contribution in [1.29, 1.82) is 0 Å². The first-order valence-corrected chi connectivity index (χ1v) is 4.76. The molecule has 0 bridgehead atoms. The quantitative estimate of drug-likeness (QED) is 0.707. The monoisotopic (exact) mass is 206 g/mol. The minimum Gasteiger partial charge on any atom is -0.300 e. The smallest absolute Gasteiger partial charge is 0.170 e. The molecule has 2 heterocycles. The number of aldehydes is 1. The molecule has 0 fully saturated rings. The highest BCUT2D eigenvalue weighted by Crippen LogP contribution is 2.20. The maximum atomic E-state index is 13.5. The second-order valence-corrected chi connectivity index (χ2v) is 3.70. The first kappa shape index (κ1) is 9.83. The first-order chi connectivity index (χ1) is 7.15. The topological polar surface area (TPSA) is 34.4 Å². The van der Waals surface area contributed by atoms with Crippen LogP contribution in [-0.2, 0) is 0 Å². The van der Waals surface area contributed by atoms with Crippen molar-refractivity contribution in [3.63, 3.8) is 0 Å². The van der Waals surface area contributed by atoms with Gasteiger partial charge in [0, 0.05) is 12.1 Å². The number of hydrogen-bond donors (Lipinski definition) is 0. The molecular weight excluding hydrogens is 195 g/mol. The standard InChI is InChI=1S/C11H11FN2O/c1-7(2)11-13-9(6-15)10-8(12)4-3-5-14(10)11/h3-7H,1-2H3. The number of aromatic nitrogens is 2. The molecule has 78 valence electrons. The van der Waals surface area contributed by atoms with Crippen LogP contribution in [0.4, 0.5) is 4.39 Å². The zero-order valence-corrected chi connectivity index (χ0v) is 8.57. The summed E-state index contributed by atoms with van der Waals surface area (Å²) < 4.78 is 15.1. The van der Waals surface area contributed by atoms with E-state index in [4.69, 9.17) is 0 Å². The van der Waals surface area contributed by atoms with Gasteiger partial charge in [-0.15, -0.1) is 0 Å². The number of imidazole rings is 1. The number of rotatable bonds is 2. The fourth-order valence-corrected chi connectivity index (χ4v) is 1.64. The van der Waals surface area contributed by atoms with E-state index >= 15 is 0 Å². The van der Waals surface area contributed by atoms with Crippen LogP contribution in [0.5, 0.6) is 0 Å². The second kappa shape index (κ2) is 3.46. The van der Waals surface area contributed by atoms with Crippen molar-refractivity contribution in [2.45, 2.75) is 19.8 Å². The average molecular weight is 206 g/mol. The number of carbonyl (C=O) groups is 1. The Balaban J connectivity index is 2.87. The van der Waals surface area contributed by atoms with Crippen molar-refractivity contribution < 1.29 is 9.18 Å². The minimum atomic E-state index is -0.418. The van der Waals surface area contributed by atoms with Crippen molar-refractivity contribution in [1.82, 2.24) is 9.38 Å². The molecule has 2 rings (SSSR count). The number of nitrogens with zero attached hydrogens (tertiary/aromatic N) is 2. The zero-order chi connectivity index (χ0) is 11.0.